The first-order valence-corrected chi connectivity index (χ1v) is 8.46. The number of carbonyl (C=O) groups excluding carboxylic acids is 1. The van der Waals surface area contributed by atoms with Crippen LogP contribution in [-0.4, -0.2) is 28.7 Å². The SMILES string of the molecule is COC(=O)[C@]1(F)[C@H](c2ccccc2)[C@H]1c1ccc(-c2ncc(F)cn2)cc1. The van der Waals surface area contributed by atoms with E-state index in [0.717, 1.165) is 18.0 Å². The molecule has 0 amide bonds. The number of halogens is 2. The maximum atomic E-state index is 15.5. The van der Waals surface area contributed by atoms with E-state index in [1.54, 1.807) is 24.3 Å². The van der Waals surface area contributed by atoms with E-state index in [4.69, 9.17) is 4.74 Å². The Balaban J connectivity index is 1.67. The minimum Gasteiger partial charge on any atom is -0.467 e. The van der Waals surface area contributed by atoms with E-state index >= 15 is 4.39 Å². The molecule has 1 heterocycles. The van der Waals surface area contributed by atoms with Crippen molar-refractivity contribution < 1.29 is 18.3 Å². The summed E-state index contributed by atoms with van der Waals surface area (Å²) in [7, 11) is 1.19. The summed E-state index contributed by atoms with van der Waals surface area (Å²) in [6.45, 7) is 0. The highest BCUT2D eigenvalue weighted by Crippen LogP contribution is 2.66. The molecule has 1 aromatic heterocycles. The lowest BCUT2D eigenvalue weighted by molar-refractivity contribution is -0.148. The van der Waals surface area contributed by atoms with Crippen LogP contribution in [0.2, 0.25) is 0 Å². The van der Waals surface area contributed by atoms with Gasteiger partial charge in [-0.1, -0.05) is 54.6 Å². The van der Waals surface area contributed by atoms with Gasteiger partial charge in [-0.05, 0) is 11.1 Å². The van der Waals surface area contributed by atoms with Gasteiger partial charge < -0.3 is 4.74 Å². The Hall–Kier alpha value is -3.15. The van der Waals surface area contributed by atoms with Crippen LogP contribution >= 0.6 is 0 Å². The maximum Gasteiger partial charge on any atom is 0.344 e. The highest BCUT2D eigenvalue weighted by atomic mass is 19.1. The molecule has 1 aliphatic carbocycles. The monoisotopic (exact) mass is 366 g/mol. The molecule has 1 aliphatic rings. The van der Waals surface area contributed by atoms with E-state index < -0.39 is 29.3 Å². The number of rotatable bonds is 4. The molecule has 0 unspecified atom stereocenters. The standard InChI is InChI=1S/C21H16F2N2O2/c1-27-20(26)21(23)17(13-5-3-2-4-6-13)18(21)14-7-9-15(10-8-14)19-24-11-16(22)12-25-19/h2-12,17-18H,1H3/t17-,18-,21+/m1/s1. The topological polar surface area (TPSA) is 52.1 Å². The summed E-state index contributed by atoms with van der Waals surface area (Å²) >= 11 is 0. The number of ether oxygens (including phenoxy) is 1. The summed E-state index contributed by atoms with van der Waals surface area (Å²) in [6, 6.07) is 16.1. The van der Waals surface area contributed by atoms with E-state index in [0.29, 0.717) is 17.0 Å². The third kappa shape index (κ3) is 2.87. The average molecular weight is 366 g/mol. The average Bonchev–Trinajstić information content (AvgIpc) is 3.35. The Kier molecular flexibility index (Phi) is 4.18. The van der Waals surface area contributed by atoms with Gasteiger partial charge in [0.05, 0.1) is 19.5 Å². The predicted molar refractivity (Wildman–Crippen MR) is 95.2 cm³/mol. The molecule has 0 aliphatic heterocycles. The van der Waals surface area contributed by atoms with Gasteiger partial charge in [0.1, 0.15) is 0 Å². The lowest BCUT2D eigenvalue weighted by Gasteiger charge is -2.06. The van der Waals surface area contributed by atoms with Crippen LogP contribution in [-0.2, 0) is 9.53 Å². The number of carbonyl (C=O) groups is 1. The van der Waals surface area contributed by atoms with Crippen molar-refractivity contribution in [2.75, 3.05) is 7.11 Å². The van der Waals surface area contributed by atoms with Crippen LogP contribution in [0.1, 0.15) is 23.0 Å². The van der Waals surface area contributed by atoms with Crippen LogP contribution in [0.3, 0.4) is 0 Å². The summed E-state index contributed by atoms with van der Waals surface area (Å²) in [6.07, 6.45) is 2.18. The zero-order valence-electron chi connectivity index (χ0n) is 14.5. The molecular formula is C21H16F2N2O2. The molecule has 1 saturated carbocycles. The van der Waals surface area contributed by atoms with Crippen LogP contribution in [0.25, 0.3) is 11.4 Å². The van der Waals surface area contributed by atoms with E-state index in [-0.39, 0.29) is 0 Å². The van der Waals surface area contributed by atoms with Gasteiger partial charge in [-0.25, -0.2) is 23.5 Å². The van der Waals surface area contributed by atoms with Crippen molar-refractivity contribution in [2.24, 2.45) is 0 Å². The number of hydrogen-bond acceptors (Lipinski definition) is 4. The highest BCUT2D eigenvalue weighted by molar-refractivity contribution is 5.88. The fraction of sp³-hybridized carbons (Fsp3) is 0.190. The van der Waals surface area contributed by atoms with Crippen molar-refractivity contribution in [3.63, 3.8) is 0 Å². The first kappa shape index (κ1) is 17.3. The molecule has 27 heavy (non-hydrogen) atoms. The second-order valence-electron chi connectivity index (χ2n) is 6.47. The summed E-state index contributed by atoms with van der Waals surface area (Å²) in [5.41, 5.74) is 0.0198. The predicted octanol–water partition coefficient (Wildman–Crippen LogP) is 4.05. The van der Waals surface area contributed by atoms with Crippen LogP contribution in [0, 0.1) is 5.82 Å². The molecule has 0 radical (unpaired) electrons. The Labute approximate surface area is 154 Å². The molecule has 2 aromatic carbocycles. The van der Waals surface area contributed by atoms with Crippen LogP contribution in [0.5, 0.6) is 0 Å². The molecule has 0 saturated heterocycles. The fourth-order valence-electron chi connectivity index (χ4n) is 3.60. The van der Waals surface area contributed by atoms with Crippen molar-refractivity contribution in [1.82, 2.24) is 9.97 Å². The lowest BCUT2D eigenvalue weighted by Crippen LogP contribution is -2.22. The van der Waals surface area contributed by atoms with Gasteiger partial charge in [0.15, 0.2) is 11.6 Å². The molecule has 0 spiro atoms. The summed E-state index contributed by atoms with van der Waals surface area (Å²) < 4.78 is 33.2. The van der Waals surface area contributed by atoms with Gasteiger partial charge in [-0.3, -0.25) is 0 Å². The van der Waals surface area contributed by atoms with Gasteiger partial charge in [0.2, 0.25) is 5.67 Å². The lowest BCUT2D eigenvalue weighted by atomic mass is 10.0. The first-order valence-electron chi connectivity index (χ1n) is 8.46. The third-order valence-electron chi connectivity index (χ3n) is 4.93. The molecule has 136 valence electrons. The number of benzene rings is 2. The molecule has 3 aromatic rings. The van der Waals surface area contributed by atoms with E-state index in [1.165, 1.54) is 7.11 Å². The van der Waals surface area contributed by atoms with E-state index in [9.17, 15) is 9.18 Å². The highest BCUT2D eigenvalue weighted by Gasteiger charge is 2.73. The van der Waals surface area contributed by atoms with Crippen molar-refractivity contribution in [3.05, 3.63) is 83.9 Å². The van der Waals surface area contributed by atoms with Crippen LogP contribution in [0.15, 0.2) is 67.0 Å². The normalized spacial score (nSPS) is 23.7. The van der Waals surface area contributed by atoms with Crippen LogP contribution in [0.4, 0.5) is 8.78 Å². The largest absolute Gasteiger partial charge is 0.467 e. The number of alkyl halides is 1. The van der Waals surface area contributed by atoms with Gasteiger partial charge in [-0.15, -0.1) is 0 Å². The molecule has 4 nitrogen and oxygen atoms in total. The molecule has 0 N–H and O–H groups in total. The van der Waals surface area contributed by atoms with E-state index in [2.05, 4.69) is 9.97 Å². The Bertz CT molecular complexity index is 962. The zero-order chi connectivity index (χ0) is 19.0. The molecular weight excluding hydrogens is 350 g/mol. The summed E-state index contributed by atoms with van der Waals surface area (Å²) in [4.78, 5) is 20.0. The first-order chi connectivity index (χ1) is 13.1. The van der Waals surface area contributed by atoms with Gasteiger partial charge in [-0.2, -0.15) is 0 Å². The molecule has 1 fully saturated rings. The minimum absolute atomic E-state index is 0.373. The Morgan fingerprint density at radius 1 is 0.963 bits per heavy atom. The quantitative estimate of drug-likeness (QED) is 0.654. The van der Waals surface area contributed by atoms with Crippen molar-refractivity contribution >= 4 is 5.97 Å². The molecule has 3 atom stereocenters. The smallest absolute Gasteiger partial charge is 0.344 e. The second-order valence-corrected chi connectivity index (χ2v) is 6.47. The Morgan fingerprint density at radius 2 is 1.52 bits per heavy atom. The van der Waals surface area contributed by atoms with Crippen molar-refractivity contribution in [1.29, 1.82) is 0 Å². The van der Waals surface area contributed by atoms with Crippen LogP contribution < -0.4 is 0 Å². The number of nitrogens with zero attached hydrogens (tertiary/aromatic N) is 2. The zero-order valence-corrected chi connectivity index (χ0v) is 14.5. The molecule has 0 bridgehead atoms. The third-order valence-corrected chi connectivity index (χ3v) is 4.93. The fourth-order valence-corrected chi connectivity index (χ4v) is 3.60. The number of aromatic nitrogens is 2. The minimum atomic E-state index is -2.09. The molecule has 4 rings (SSSR count). The molecule has 6 heteroatoms. The Morgan fingerprint density at radius 3 is 2.07 bits per heavy atom. The maximum absolute atomic E-state index is 15.5. The van der Waals surface area contributed by atoms with Gasteiger partial charge in [0, 0.05) is 17.4 Å². The number of methoxy groups -OCH3 is 1. The van der Waals surface area contributed by atoms with Crippen molar-refractivity contribution in [2.45, 2.75) is 17.5 Å². The van der Waals surface area contributed by atoms with Gasteiger partial charge >= 0.3 is 5.97 Å². The van der Waals surface area contributed by atoms with Gasteiger partial charge in [0.25, 0.3) is 0 Å². The van der Waals surface area contributed by atoms with E-state index in [1.807, 2.05) is 30.3 Å². The number of hydrogen-bond donors (Lipinski definition) is 0. The summed E-state index contributed by atoms with van der Waals surface area (Å²) in [5.74, 6) is -2.24. The van der Waals surface area contributed by atoms with Crippen molar-refractivity contribution in [3.8, 4) is 11.4 Å². The second kappa shape index (κ2) is 6.54. The summed E-state index contributed by atoms with van der Waals surface area (Å²) in [5, 5.41) is 0. The number of esters is 1.